The van der Waals surface area contributed by atoms with Gasteiger partial charge in [-0.2, -0.15) is 0 Å². The summed E-state index contributed by atoms with van der Waals surface area (Å²) in [5, 5.41) is 12.2. The van der Waals surface area contributed by atoms with Crippen molar-refractivity contribution >= 4 is 32.1 Å². The van der Waals surface area contributed by atoms with Crippen LogP contribution in [0.25, 0.3) is 0 Å². The highest BCUT2D eigenvalue weighted by molar-refractivity contribution is 6.70. The van der Waals surface area contributed by atoms with E-state index in [1.54, 1.807) is 0 Å². The van der Waals surface area contributed by atoms with Crippen molar-refractivity contribution in [1.82, 2.24) is 5.32 Å². The molecule has 0 aliphatic heterocycles. The average molecular weight is 420 g/mol. The van der Waals surface area contributed by atoms with Crippen molar-refractivity contribution < 1.29 is 23.5 Å². The number of carbonyl (C=O) groups excluding carboxylic acids is 1. The van der Waals surface area contributed by atoms with Crippen LogP contribution in [0.15, 0.2) is 12.7 Å². The van der Waals surface area contributed by atoms with Crippen LogP contribution < -0.4 is 5.32 Å². The molecule has 1 unspecified atom stereocenters. The maximum Gasteiger partial charge on any atom is 0.243 e. The number of nitrogens with one attached hydrogen (secondary N) is 1. The van der Waals surface area contributed by atoms with E-state index in [9.17, 15) is 9.90 Å². The molecule has 9 heteroatoms. The van der Waals surface area contributed by atoms with E-state index < -0.39 is 22.7 Å². The molecule has 6 nitrogen and oxygen atoms in total. The third-order valence-electron chi connectivity index (χ3n) is 2.93. The number of carbonyl (C=O) groups is 1. The molecule has 0 saturated carbocycles. The van der Waals surface area contributed by atoms with Crippen LogP contribution in [-0.4, -0.2) is 69.3 Å². The average Bonchev–Trinajstić information content (AvgIpc) is 2.48. The first-order valence-corrected chi connectivity index (χ1v) is 17.4. The lowest BCUT2D eigenvalue weighted by molar-refractivity contribution is -0.117. The molecule has 0 fully saturated rings. The van der Waals surface area contributed by atoms with Gasteiger partial charge in [0.25, 0.3) is 0 Å². The number of aliphatic hydroxyl groups excluding tert-OH is 1. The summed E-state index contributed by atoms with van der Waals surface area (Å²) in [6.45, 7) is 17.5. The molecule has 1 amide bonds. The van der Waals surface area contributed by atoms with Crippen LogP contribution in [-0.2, 0) is 18.4 Å². The molecular weight excluding hydrogens is 382 g/mol. The molecule has 0 saturated heterocycles. The van der Waals surface area contributed by atoms with Gasteiger partial charge < -0.3 is 24.0 Å². The molecular formula is C17H37NO5Si3. The Morgan fingerprint density at radius 3 is 2.27 bits per heavy atom. The minimum atomic E-state index is -1.62. The lowest BCUT2D eigenvalue weighted by Crippen LogP contribution is -2.40. The smallest absolute Gasteiger partial charge is 0.243 e. The second-order valence-corrected chi connectivity index (χ2v) is 18.5. The number of ether oxygens (including phenoxy) is 1. The first kappa shape index (κ1) is 25.7. The molecule has 1 atom stereocenters. The van der Waals surface area contributed by atoms with Crippen molar-refractivity contribution in [3.63, 3.8) is 0 Å². The Bertz CT molecular complexity index is 394. The van der Waals surface area contributed by atoms with Crippen molar-refractivity contribution in [3.8, 4) is 0 Å². The summed E-state index contributed by atoms with van der Waals surface area (Å²) in [4.78, 5) is 11.0. The molecule has 0 spiro atoms. The molecule has 2 N–H and O–H groups in total. The summed E-state index contributed by atoms with van der Waals surface area (Å²) in [6, 6.07) is 1.99. The molecule has 0 aliphatic rings. The highest BCUT2D eigenvalue weighted by Gasteiger charge is 2.26. The standard InChI is InChI=1S/C17H37NO5Si3/c1-8-16(20)18-12-15(19)13-21-10-9-11-24-14-17(22-25(2,3)4)23-26(5,6)7/h8,15,17,19H,1,9-14H2,2-7H3,(H,18,20). The van der Waals surface area contributed by atoms with Crippen LogP contribution in [0.2, 0.25) is 51.4 Å². The largest absolute Gasteiger partial charge is 0.394 e. The van der Waals surface area contributed by atoms with E-state index in [1.807, 2.05) is 0 Å². The van der Waals surface area contributed by atoms with Gasteiger partial charge in [0.2, 0.25) is 5.91 Å². The highest BCUT2D eigenvalue weighted by Crippen LogP contribution is 2.17. The summed E-state index contributed by atoms with van der Waals surface area (Å²) < 4.78 is 17.8. The van der Waals surface area contributed by atoms with Gasteiger partial charge in [0, 0.05) is 22.7 Å². The van der Waals surface area contributed by atoms with E-state index in [0.29, 0.717) is 6.61 Å². The van der Waals surface area contributed by atoms with E-state index in [0.717, 1.165) is 28.0 Å². The van der Waals surface area contributed by atoms with E-state index in [4.69, 9.17) is 13.6 Å². The molecule has 2 radical (unpaired) electrons. The van der Waals surface area contributed by atoms with Crippen LogP contribution in [0.4, 0.5) is 0 Å². The first-order chi connectivity index (χ1) is 11.9. The molecule has 0 aromatic heterocycles. The van der Waals surface area contributed by atoms with Gasteiger partial charge in [0.15, 0.2) is 16.6 Å². The normalized spacial score (nSPS) is 13.7. The third-order valence-corrected chi connectivity index (χ3v) is 6.20. The van der Waals surface area contributed by atoms with E-state index in [1.165, 1.54) is 6.08 Å². The quantitative estimate of drug-likeness (QED) is 0.185. The van der Waals surface area contributed by atoms with Crippen LogP contribution in [0, 0.1) is 0 Å². The van der Waals surface area contributed by atoms with Crippen LogP contribution >= 0.6 is 0 Å². The Hall–Kier alpha value is -0.299. The fourth-order valence-electron chi connectivity index (χ4n) is 1.98. The number of aliphatic hydroxyl groups is 1. The monoisotopic (exact) mass is 419 g/mol. The Morgan fingerprint density at radius 1 is 1.19 bits per heavy atom. The van der Waals surface area contributed by atoms with Gasteiger partial charge in [-0.25, -0.2) is 0 Å². The van der Waals surface area contributed by atoms with E-state index >= 15 is 0 Å². The molecule has 0 aliphatic carbocycles. The first-order valence-electron chi connectivity index (χ1n) is 9.15. The Kier molecular flexibility index (Phi) is 12.8. The van der Waals surface area contributed by atoms with Crippen molar-refractivity contribution in [1.29, 1.82) is 0 Å². The molecule has 26 heavy (non-hydrogen) atoms. The molecule has 0 rings (SSSR count). The number of hydrogen-bond donors (Lipinski definition) is 2. The maximum atomic E-state index is 11.0. The minimum absolute atomic E-state index is 0.0807. The van der Waals surface area contributed by atoms with Crippen molar-refractivity contribution in [2.24, 2.45) is 0 Å². The fraction of sp³-hybridized carbons (Fsp3) is 0.824. The minimum Gasteiger partial charge on any atom is -0.394 e. The van der Waals surface area contributed by atoms with E-state index in [2.05, 4.69) is 51.2 Å². The Balaban J connectivity index is 3.86. The number of hydrogen-bond acceptors (Lipinski definition) is 5. The van der Waals surface area contributed by atoms with Crippen molar-refractivity contribution in [2.75, 3.05) is 19.8 Å². The summed E-state index contributed by atoms with van der Waals surface area (Å²) in [7, 11) is -2.47. The molecule has 0 heterocycles. The zero-order valence-corrected chi connectivity index (χ0v) is 20.3. The molecule has 0 aromatic rings. The summed E-state index contributed by atoms with van der Waals surface area (Å²) >= 11 is 0. The number of rotatable bonds is 15. The molecule has 0 aromatic carbocycles. The number of amides is 1. The van der Waals surface area contributed by atoms with Crippen molar-refractivity contribution in [3.05, 3.63) is 12.7 Å². The van der Waals surface area contributed by atoms with Gasteiger partial charge in [0.1, 0.15) is 6.29 Å². The lowest BCUT2D eigenvalue weighted by Gasteiger charge is -2.31. The van der Waals surface area contributed by atoms with Crippen LogP contribution in [0.1, 0.15) is 6.42 Å². The predicted octanol–water partition coefficient (Wildman–Crippen LogP) is 2.63. The third kappa shape index (κ3) is 17.1. The van der Waals surface area contributed by atoms with Gasteiger partial charge in [-0.1, -0.05) is 12.6 Å². The zero-order chi connectivity index (χ0) is 20.2. The molecule has 152 valence electrons. The van der Waals surface area contributed by atoms with Gasteiger partial charge in [0.05, 0.1) is 12.7 Å². The summed E-state index contributed by atoms with van der Waals surface area (Å²) in [5.41, 5.74) is 0. The van der Waals surface area contributed by atoms with Crippen LogP contribution in [0.3, 0.4) is 0 Å². The van der Waals surface area contributed by atoms with Gasteiger partial charge in [-0.05, 0) is 57.8 Å². The predicted molar refractivity (Wildman–Crippen MR) is 113 cm³/mol. The summed E-state index contributed by atoms with van der Waals surface area (Å²) in [6.07, 6.45) is 1.35. The Morgan fingerprint density at radius 2 is 1.77 bits per heavy atom. The zero-order valence-electron chi connectivity index (χ0n) is 17.3. The van der Waals surface area contributed by atoms with Gasteiger partial charge in [-0.15, -0.1) is 0 Å². The van der Waals surface area contributed by atoms with Gasteiger partial charge in [-0.3, -0.25) is 4.79 Å². The summed E-state index contributed by atoms with van der Waals surface area (Å²) in [5.74, 6) is -0.291. The van der Waals surface area contributed by atoms with E-state index in [-0.39, 0.29) is 25.3 Å². The van der Waals surface area contributed by atoms with Gasteiger partial charge >= 0.3 is 0 Å². The second-order valence-electron chi connectivity index (χ2n) is 8.13. The lowest BCUT2D eigenvalue weighted by atomic mass is 10.3. The van der Waals surface area contributed by atoms with Crippen LogP contribution in [0.5, 0.6) is 0 Å². The second kappa shape index (κ2) is 13.0. The highest BCUT2D eigenvalue weighted by atomic mass is 28.4. The molecule has 0 bridgehead atoms. The van der Waals surface area contributed by atoms with Crippen molar-refractivity contribution in [2.45, 2.75) is 70.2 Å². The SMILES string of the molecule is C=CC(=O)NCC(O)COCCC[Si]CC(O[Si](C)(C)C)O[Si](C)(C)C. The topological polar surface area (TPSA) is 77.0 Å². The maximum absolute atomic E-state index is 11.0. The Labute approximate surface area is 163 Å². The fourth-order valence-corrected chi connectivity index (χ4v) is 5.25.